The van der Waals surface area contributed by atoms with Gasteiger partial charge in [-0.25, -0.2) is 0 Å². The van der Waals surface area contributed by atoms with E-state index < -0.39 is 11.7 Å². The molecule has 0 bridgehead atoms. The quantitative estimate of drug-likeness (QED) is 0.734. The summed E-state index contributed by atoms with van der Waals surface area (Å²) in [5.41, 5.74) is 1.31. The van der Waals surface area contributed by atoms with Gasteiger partial charge in [-0.3, -0.25) is 9.59 Å². The number of rotatable bonds is 5. The summed E-state index contributed by atoms with van der Waals surface area (Å²) in [4.78, 5) is 27.2. The molecule has 5 rings (SSSR count). The predicted molar refractivity (Wildman–Crippen MR) is 122 cm³/mol. The van der Waals surface area contributed by atoms with E-state index in [9.17, 15) is 9.59 Å². The Labute approximate surface area is 192 Å². The molecule has 2 heterocycles. The third kappa shape index (κ3) is 4.05. The average molecular weight is 453 g/mol. The summed E-state index contributed by atoms with van der Waals surface area (Å²) in [6, 6.07) is 10.7. The zero-order chi connectivity index (χ0) is 23.0. The third-order valence-corrected chi connectivity index (χ3v) is 6.59. The molecule has 1 aliphatic carbocycles. The Bertz CT molecular complexity index is 1080. The second kappa shape index (κ2) is 8.50. The van der Waals surface area contributed by atoms with Crippen LogP contribution in [-0.2, 0) is 9.59 Å². The van der Waals surface area contributed by atoms with Crippen LogP contribution in [0, 0.1) is 5.92 Å². The van der Waals surface area contributed by atoms with E-state index in [1.165, 1.54) is 6.42 Å². The number of amides is 2. The van der Waals surface area contributed by atoms with Gasteiger partial charge in [0.1, 0.15) is 0 Å². The molecule has 1 unspecified atom stereocenters. The molecule has 1 N–H and O–H groups in total. The minimum absolute atomic E-state index is 0.104. The molecule has 33 heavy (non-hydrogen) atoms. The number of carbonyl (C=O) groups is 2. The summed E-state index contributed by atoms with van der Waals surface area (Å²) in [5, 5.41) is 2.94. The lowest BCUT2D eigenvalue weighted by atomic mass is 9.94. The van der Waals surface area contributed by atoms with Crippen LogP contribution in [0.4, 0.5) is 11.4 Å². The van der Waals surface area contributed by atoms with Gasteiger partial charge in [0.25, 0.3) is 5.79 Å². The Morgan fingerprint density at radius 1 is 1.00 bits per heavy atom. The van der Waals surface area contributed by atoms with Gasteiger partial charge >= 0.3 is 0 Å². The fraction of sp³-hybridized carbons (Fsp3) is 0.440. The second-order valence-electron chi connectivity index (χ2n) is 8.77. The van der Waals surface area contributed by atoms with E-state index in [-0.39, 0.29) is 18.2 Å². The zero-order valence-corrected chi connectivity index (χ0v) is 18.9. The molecule has 1 saturated carbocycles. The van der Waals surface area contributed by atoms with Crippen LogP contribution in [0.5, 0.6) is 23.0 Å². The second-order valence-corrected chi connectivity index (χ2v) is 8.77. The van der Waals surface area contributed by atoms with Crippen molar-refractivity contribution in [3.05, 3.63) is 36.4 Å². The number of methoxy groups -OCH3 is 2. The maximum atomic E-state index is 12.9. The molecule has 8 nitrogen and oxygen atoms in total. The fourth-order valence-electron chi connectivity index (χ4n) is 4.84. The van der Waals surface area contributed by atoms with Gasteiger partial charge in [-0.15, -0.1) is 0 Å². The molecule has 1 atom stereocenters. The van der Waals surface area contributed by atoms with E-state index in [1.54, 1.807) is 43.4 Å². The van der Waals surface area contributed by atoms with Gasteiger partial charge in [-0.1, -0.05) is 6.42 Å². The summed E-state index contributed by atoms with van der Waals surface area (Å²) in [6.45, 7) is 0.299. The first-order valence-corrected chi connectivity index (χ1v) is 11.4. The van der Waals surface area contributed by atoms with Crippen molar-refractivity contribution in [2.75, 3.05) is 31.0 Å². The van der Waals surface area contributed by atoms with E-state index in [0.717, 1.165) is 25.7 Å². The Morgan fingerprint density at radius 3 is 2.52 bits per heavy atom. The monoisotopic (exact) mass is 452 g/mol. The van der Waals surface area contributed by atoms with E-state index in [1.807, 2.05) is 12.1 Å². The highest BCUT2D eigenvalue weighted by atomic mass is 16.7. The van der Waals surface area contributed by atoms with E-state index in [0.29, 0.717) is 40.9 Å². The molecule has 2 aliphatic heterocycles. The summed E-state index contributed by atoms with van der Waals surface area (Å²) in [7, 11) is 3.11. The smallest absolute Gasteiger partial charge is 0.251 e. The summed E-state index contributed by atoms with van der Waals surface area (Å²) in [5.74, 6) is 1.17. The van der Waals surface area contributed by atoms with Crippen molar-refractivity contribution in [1.82, 2.24) is 0 Å². The van der Waals surface area contributed by atoms with Gasteiger partial charge in [0.2, 0.25) is 11.8 Å². The van der Waals surface area contributed by atoms with Crippen molar-refractivity contribution < 1.29 is 28.5 Å². The van der Waals surface area contributed by atoms with Crippen LogP contribution in [0.2, 0.25) is 0 Å². The molecule has 0 aromatic heterocycles. The maximum Gasteiger partial charge on any atom is 0.251 e. The minimum Gasteiger partial charge on any atom is -0.493 e. The number of hydrogen-bond donors (Lipinski definition) is 1. The first-order valence-electron chi connectivity index (χ1n) is 11.4. The normalized spacial score (nSPS) is 20.7. The van der Waals surface area contributed by atoms with Crippen molar-refractivity contribution in [2.45, 2.75) is 44.3 Å². The Kier molecular flexibility index (Phi) is 5.52. The number of benzene rings is 2. The lowest BCUT2D eigenvalue weighted by molar-refractivity contribution is -0.122. The lowest BCUT2D eigenvalue weighted by Gasteiger charge is -2.31. The average Bonchev–Trinajstić information content (AvgIpc) is 3.38. The zero-order valence-electron chi connectivity index (χ0n) is 18.9. The SMILES string of the molecule is COc1ccc(N2CC(C(=O)Nc3ccc4c(c3)OC3(CCCCC3)O4)CC2=O)cc1OC. The molecule has 174 valence electrons. The largest absolute Gasteiger partial charge is 0.493 e. The van der Waals surface area contributed by atoms with Crippen LogP contribution < -0.4 is 29.2 Å². The fourth-order valence-corrected chi connectivity index (χ4v) is 4.84. The van der Waals surface area contributed by atoms with Crippen molar-refractivity contribution in [1.29, 1.82) is 0 Å². The molecule has 2 aromatic rings. The number of nitrogens with one attached hydrogen (secondary N) is 1. The molecule has 1 saturated heterocycles. The number of nitrogens with zero attached hydrogens (tertiary/aromatic N) is 1. The molecule has 3 aliphatic rings. The van der Waals surface area contributed by atoms with Crippen molar-refractivity contribution >= 4 is 23.2 Å². The molecule has 2 aromatic carbocycles. The molecule has 1 spiro atoms. The van der Waals surface area contributed by atoms with Gasteiger partial charge < -0.3 is 29.2 Å². The van der Waals surface area contributed by atoms with Crippen LogP contribution in [0.1, 0.15) is 38.5 Å². The number of ether oxygens (including phenoxy) is 4. The molecular formula is C25H28N2O6. The Hall–Kier alpha value is -3.42. The summed E-state index contributed by atoms with van der Waals surface area (Å²) < 4.78 is 22.9. The maximum absolute atomic E-state index is 12.9. The summed E-state index contributed by atoms with van der Waals surface area (Å²) in [6.07, 6.45) is 5.27. The van der Waals surface area contributed by atoms with Gasteiger partial charge in [0.05, 0.1) is 20.1 Å². The van der Waals surface area contributed by atoms with E-state index in [2.05, 4.69) is 5.32 Å². The van der Waals surface area contributed by atoms with Crippen molar-refractivity contribution in [3.8, 4) is 23.0 Å². The van der Waals surface area contributed by atoms with Crippen molar-refractivity contribution in [2.24, 2.45) is 5.92 Å². The van der Waals surface area contributed by atoms with E-state index in [4.69, 9.17) is 18.9 Å². The standard InChI is InChI=1S/C25H28N2O6/c1-30-19-9-7-18(14-21(19)31-2)27-15-16(12-23(27)28)24(29)26-17-6-8-20-22(13-17)33-25(32-20)10-4-3-5-11-25/h6-9,13-14,16H,3-5,10-12,15H2,1-2H3,(H,26,29). The van der Waals surface area contributed by atoms with E-state index >= 15 is 0 Å². The molecule has 2 amide bonds. The van der Waals surface area contributed by atoms with Crippen LogP contribution in [0.15, 0.2) is 36.4 Å². The number of hydrogen-bond acceptors (Lipinski definition) is 6. The predicted octanol–water partition coefficient (Wildman–Crippen LogP) is 4.13. The lowest BCUT2D eigenvalue weighted by Crippen LogP contribution is -2.40. The highest BCUT2D eigenvalue weighted by Gasteiger charge is 2.42. The van der Waals surface area contributed by atoms with Crippen LogP contribution in [0.25, 0.3) is 0 Å². The topological polar surface area (TPSA) is 86.3 Å². The Balaban J connectivity index is 1.25. The number of fused-ring (bicyclic) bond motifs is 1. The Morgan fingerprint density at radius 2 is 1.76 bits per heavy atom. The van der Waals surface area contributed by atoms with Crippen LogP contribution in [0.3, 0.4) is 0 Å². The highest BCUT2D eigenvalue weighted by molar-refractivity contribution is 6.03. The first-order chi connectivity index (χ1) is 16.0. The van der Waals surface area contributed by atoms with Gasteiger partial charge in [0.15, 0.2) is 23.0 Å². The summed E-state index contributed by atoms with van der Waals surface area (Å²) >= 11 is 0. The molecule has 2 fully saturated rings. The number of anilines is 2. The minimum atomic E-state index is -0.555. The van der Waals surface area contributed by atoms with Crippen molar-refractivity contribution in [3.63, 3.8) is 0 Å². The van der Waals surface area contributed by atoms with Gasteiger partial charge in [-0.05, 0) is 37.1 Å². The molecule has 0 radical (unpaired) electrons. The van der Waals surface area contributed by atoms with Gasteiger partial charge in [0, 0.05) is 49.3 Å². The first kappa shape index (κ1) is 21.4. The third-order valence-electron chi connectivity index (χ3n) is 6.59. The molecule has 8 heteroatoms. The van der Waals surface area contributed by atoms with Crippen LogP contribution in [-0.4, -0.2) is 38.4 Å². The highest BCUT2D eigenvalue weighted by Crippen LogP contribution is 2.46. The van der Waals surface area contributed by atoms with Crippen LogP contribution >= 0.6 is 0 Å². The van der Waals surface area contributed by atoms with Gasteiger partial charge in [-0.2, -0.15) is 0 Å². The number of carbonyl (C=O) groups excluding carboxylic acids is 2. The molecular weight excluding hydrogens is 424 g/mol.